The van der Waals surface area contributed by atoms with Crippen molar-refractivity contribution in [3.05, 3.63) is 29.8 Å². The minimum Gasteiger partial charge on any atom is -0.324 e. The van der Waals surface area contributed by atoms with Crippen molar-refractivity contribution in [3.8, 4) is 0 Å². The number of hydrogen-bond donors (Lipinski definition) is 1. The molecule has 1 nitrogen and oxygen atoms in total. The van der Waals surface area contributed by atoms with Crippen LogP contribution in [-0.4, -0.2) is 6.26 Å². The predicted octanol–water partition coefficient (Wildman–Crippen LogP) is 4.23. The molecule has 1 aliphatic rings. The molecule has 2 rings (SSSR count). The Morgan fingerprint density at radius 3 is 2.76 bits per heavy atom. The molecular formula is C15H23NS. The Morgan fingerprint density at radius 2 is 2.06 bits per heavy atom. The van der Waals surface area contributed by atoms with Gasteiger partial charge in [0.05, 0.1) is 0 Å². The lowest BCUT2D eigenvalue weighted by atomic mass is 9.77. The molecule has 2 N–H and O–H groups in total. The molecule has 1 fully saturated rings. The van der Waals surface area contributed by atoms with Crippen molar-refractivity contribution in [1.29, 1.82) is 0 Å². The van der Waals surface area contributed by atoms with Crippen LogP contribution in [0.15, 0.2) is 29.2 Å². The van der Waals surface area contributed by atoms with Crippen LogP contribution in [0.5, 0.6) is 0 Å². The van der Waals surface area contributed by atoms with Gasteiger partial charge < -0.3 is 5.73 Å². The third-order valence-electron chi connectivity index (χ3n) is 3.98. The Bertz CT molecular complexity index is 364. The SMILES string of the molecule is CSc1ccccc1C(N)C1CCCC(C)C1. The molecule has 0 saturated heterocycles. The second kappa shape index (κ2) is 5.92. The number of nitrogens with two attached hydrogens (primary N) is 1. The highest BCUT2D eigenvalue weighted by atomic mass is 32.2. The van der Waals surface area contributed by atoms with Gasteiger partial charge in [-0.25, -0.2) is 0 Å². The maximum atomic E-state index is 6.49. The lowest BCUT2D eigenvalue weighted by Gasteiger charge is -2.32. The largest absolute Gasteiger partial charge is 0.324 e. The van der Waals surface area contributed by atoms with E-state index in [-0.39, 0.29) is 6.04 Å². The van der Waals surface area contributed by atoms with Gasteiger partial charge in [-0.1, -0.05) is 38.0 Å². The fourth-order valence-corrected chi connectivity index (χ4v) is 3.66. The fourth-order valence-electron chi connectivity index (χ4n) is 3.00. The summed E-state index contributed by atoms with van der Waals surface area (Å²) in [4.78, 5) is 1.35. The predicted molar refractivity (Wildman–Crippen MR) is 76.3 cm³/mol. The first-order valence-corrected chi connectivity index (χ1v) is 7.83. The molecule has 1 saturated carbocycles. The van der Waals surface area contributed by atoms with Crippen LogP contribution < -0.4 is 5.73 Å². The van der Waals surface area contributed by atoms with Crippen molar-refractivity contribution in [2.24, 2.45) is 17.6 Å². The average molecular weight is 249 g/mol. The van der Waals surface area contributed by atoms with Crippen molar-refractivity contribution in [1.82, 2.24) is 0 Å². The van der Waals surface area contributed by atoms with Crippen molar-refractivity contribution in [3.63, 3.8) is 0 Å². The molecule has 1 aromatic rings. The van der Waals surface area contributed by atoms with Gasteiger partial charge in [-0.05, 0) is 42.6 Å². The molecule has 0 aliphatic heterocycles. The van der Waals surface area contributed by atoms with E-state index < -0.39 is 0 Å². The summed E-state index contributed by atoms with van der Waals surface area (Å²) in [6, 6.07) is 8.83. The highest BCUT2D eigenvalue weighted by molar-refractivity contribution is 7.98. The van der Waals surface area contributed by atoms with Crippen molar-refractivity contribution >= 4 is 11.8 Å². The van der Waals surface area contributed by atoms with Crippen LogP contribution in [0, 0.1) is 11.8 Å². The maximum Gasteiger partial charge on any atom is 0.0334 e. The summed E-state index contributed by atoms with van der Waals surface area (Å²) in [5.41, 5.74) is 7.84. The lowest BCUT2D eigenvalue weighted by Crippen LogP contribution is -2.26. The van der Waals surface area contributed by atoms with Crippen molar-refractivity contribution in [2.45, 2.75) is 43.5 Å². The summed E-state index contributed by atoms with van der Waals surface area (Å²) in [5, 5.41) is 0. The fraction of sp³-hybridized carbons (Fsp3) is 0.600. The van der Waals surface area contributed by atoms with Crippen LogP contribution in [0.4, 0.5) is 0 Å². The van der Waals surface area contributed by atoms with Crippen LogP contribution >= 0.6 is 11.8 Å². The summed E-state index contributed by atoms with van der Waals surface area (Å²) in [6.07, 6.45) is 7.46. The van der Waals surface area contributed by atoms with E-state index in [1.165, 1.54) is 36.1 Å². The molecule has 3 atom stereocenters. The maximum absolute atomic E-state index is 6.49. The van der Waals surface area contributed by atoms with Crippen LogP contribution in [0.25, 0.3) is 0 Å². The lowest BCUT2D eigenvalue weighted by molar-refractivity contribution is 0.246. The van der Waals surface area contributed by atoms with Gasteiger partial charge in [-0.3, -0.25) is 0 Å². The van der Waals surface area contributed by atoms with E-state index in [2.05, 4.69) is 37.4 Å². The van der Waals surface area contributed by atoms with Gasteiger partial charge >= 0.3 is 0 Å². The van der Waals surface area contributed by atoms with Gasteiger partial charge in [0.1, 0.15) is 0 Å². The minimum atomic E-state index is 0.224. The summed E-state index contributed by atoms with van der Waals surface area (Å²) in [6.45, 7) is 2.36. The zero-order valence-corrected chi connectivity index (χ0v) is 11.7. The molecule has 94 valence electrons. The van der Waals surface area contributed by atoms with E-state index in [1.807, 2.05) is 11.8 Å². The first-order chi connectivity index (χ1) is 8.22. The summed E-state index contributed by atoms with van der Waals surface area (Å²) >= 11 is 1.81. The van der Waals surface area contributed by atoms with E-state index in [0.29, 0.717) is 5.92 Å². The normalized spacial score (nSPS) is 26.8. The quantitative estimate of drug-likeness (QED) is 0.811. The Hall–Kier alpha value is -0.470. The van der Waals surface area contributed by atoms with E-state index in [9.17, 15) is 0 Å². The zero-order valence-electron chi connectivity index (χ0n) is 10.9. The third kappa shape index (κ3) is 3.05. The highest BCUT2D eigenvalue weighted by Crippen LogP contribution is 2.38. The summed E-state index contributed by atoms with van der Waals surface area (Å²) in [7, 11) is 0. The molecule has 17 heavy (non-hydrogen) atoms. The Labute approximate surface area is 109 Å². The van der Waals surface area contributed by atoms with E-state index in [4.69, 9.17) is 5.73 Å². The zero-order chi connectivity index (χ0) is 12.3. The molecule has 2 heteroatoms. The highest BCUT2D eigenvalue weighted by Gasteiger charge is 2.26. The molecule has 0 aromatic heterocycles. The Kier molecular flexibility index (Phi) is 4.52. The van der Waals surface area contributed by atoms with Gasteiger partial charge in [0.2, 0.25) is 0 Å². The average Bonchev–Trinajstić information content (AvgIpc) is 2.38. The van der Waals surface area contributed by atoms with Crippen molar-refractivity contribution < 1.29 is 0 Å². The molecule has 0 spiro atoms. The van der Waals surface area contributed by atoms with E-state index in [1.54, 1.807) is 0 Å². The molecule has 0 amide bonds. The summed E-state index contributed by atoms with van der Waals surface area (Å²) < 4.78 is 0. The number of hydrogen-bond acceptors (Lipinski definition) is 2. The molecule has 3 unspecified atom stereocenters. The molecular weight excluding hydrogens is 226 g/mol. The first-order valence-electron chi connectivity index (χ1n) is 6.61. The van der Waals surface area contributed by atoms with Gasteiger partial charge in [-0.2, -0.15) is 0 Å². The second-order valence-electron chi connectivity index (χ2n) is 5.30. The number of benzene rings is 1. The standard InChI is InChI=1S/C15H23NS/c1-11-6-5-7-12(10-11)15(16)13-8-3-4-9-14(13)17-2/h3-4,8-9,11-12,15H,5-7,10,16H2,1-2H3. The third-order valence-corrected chi connectivity index (χ3v) is 4.79. The second-order valence-corrected chi connectivity index (χ2v) is 6.15. The molecule has 1 aliphatic carbocycles. The van der Waals surface area contributed by atoms with Crippen LogP contribution in [-0.2, 0) is 0 Å². The van der Waals surface area contributed by atoms with Gasteiger partial charge in [0.25, 0.3) is 0 Å². The van der Waals surface area contributed by atoms with Gasteiger partial charge in [0, 0.05) is 10.9 Å². The number of thioether (sulfide) groups is 1. The van der Waals surface area contributed by atoms with E-state index >= 15 is 0 Å². The minimum absolute atomic E-state index is 0.224. The summed E-state index contributed by atoms with van der Waals surface area (Å²) in [5.74, 6) is 1.52. The molecule has 0 heterocycles. The topological polar surface area (TPSA) is 26.0 Å². The van der Waals surface area contributed by atoms with Crippen LogP contribution in [0.3, 0.4) is 0 Å². The molecule has 0 radical (unpaired) electrons. The molecule has 0 bridgehead atoms. The Morgan fingerprint density at radius 1 is 1.29 bits per heavy atom. The van der Waals surface area contributed by atoms with Crippen LogP contribution in [0.1, 0.15) is 44.2 Å². The van der Waals surface area contributed by atoms with Crippen LogP contribution in [0.2, 0.25) is 0 Å². The first kappa shape index (κ1) is 13.0. The Balaban J connectivity index is 2.15. The van der Waals surface area contributed by atoms with Crippen molar-refractivity contribution in [2.75, 3.05) is 6.26 Å². The number of rotatable bonds is 3. The smallest absolute Gasteiger partial charge is 0.0334 e. The van der Waals surface area contributed by atoms with Gasteiger partial charge in [-0.15, -0.1) is 11.8 Å². The monoisotopic (exact) mass is 249 g/mol. The van der Waals surface area contributed by atoms with Gasteiger partial charge in [0.15, 0.2) is 0 Å². The molecule has 1 aromatic carbocycles. The van der Waals surface area contributed by atoms with E-state index in [0.717, 1.165) is 5.92 Å².